The summed E-state index contributed by atoms with van der Waals surface area (Å²) >= 11 is 0. The van der Waals surface area contributed by atoms with Gasteiger partial charge >= 0.3 is 5.97 Å². The molecule has 3 unspecified atom stereocenters. The molecular weight excluding hydrogens is 194 g/mol. The normalized spacial score (nSPS) is 28.5. The summed E-state index contributed by atoms with van der Waals surface area (Å²) in [7, 11) is 0. The van der Waals surface area contributed by atoms with Crippen LogP contribution >= 0.6 is 0 Å². The largest absolute Gasteiger partial charge is 0.461 e. The fraction of sp³-hybridized carbons (Fsp3) is 0.909. The molecule has 0 bridgehead atoms. The number of ether oxygens (including phenoxy) is 1. The zero-order valence-corrected chi connectivity index (χ0v) is 9.32. The highest BCUT2D eigenvalue weighted by molar-refractivity contribution is 5.75. The molecule has 3 atom stereocenters. The zero-order chi connectivity index (χ0) is 11.3. The average Bonchev–Trinajstić information content (AvgIpc) is 2.21. The van der Waals surface area contributed by atoms with E-state index in [0.29, 0.717) is 5.92 Å². The molecular formula is C11H21NO3. The van der Waals surface area contributed by atoms with Crippen molar-refractivity contribution in [3.63, 3.8) is 0 Å². The Morgan fingerprint density at radius 2 is 2.20 bits per heavy atom. The van der Waals surface area contributed by atoms with E-state index in [2.05, 4.69) is 6.92 Å². The van der Waals surface area contributed by atoms with E-state index < -0.39 is 6.04 Å². The second-order valence-corrected chi connectivity index (χ2v) is 4.36. The summed E-state index contributed by atoms with van der Waals surface area (Å²) in [5, 5.41) is 8.66. The number of hydrogen-bond acceptors (Lipinski definition) is 4. The molecule has 0 saturated heterocycles. The lowest BCUT2D eigenvalue weighted by Gasteiger charge is -2.29. The van der Waals surface area contributed by atoms with Crippen LogP contribution in [-0.4, -0.2) is 29.8 Å². The van der Waals surface area contributed by atoms with Crippen molar-refractivity contribution in [3.8, 4) is 0 Å². The third-order valence-electron chi connectivity index (χ3n) is 3.04. The Morgan fingerprint density at radius 1 is 1.53 bits per heavy atom. The summed E-state index contributed by atoms with van der Waals surface area (Å²) in [6.07, 6.45) is 4.71. The number of carbonyl (C=O) groups excluding carboxylic acids is 1. The van der Waals surface area contributed by atoms with Crippen molar-refractivity contribution in [2.45, 2.75) is 51.2 Å². The van der Waals surface area contributed by atoms with Gasteiger partial charge in [0, 0.05) is 6.61 Å². The lowest BCUT2D eigenvalue weighted by Crippen LogP contribution is -2.38. The molecule has 0 spiro atoms. The third kappa shape index (κ3) is 3.80. The van der Waals surface area contributed by atoms with Crippen LogP contribution in [0.2, 0.25) is 0 Å². The van der Waals surface area contributed by atoms with Crippen molar-refractivity contribution in [3.05, 3.63) is 0 Å². The van der Waals surface area contributed by atoms with Gasteiger partial charge in [0.25, 0.3) is 0 Å². The Bertz CT molecular complexity index is 208. The second-order valence-electron chi connectivity index (χ2n) is 4.36. The predicted molar refractivity (Wildman–Crippen MR) is 57.2 cm³/mol. The van der Waals surface area contributed by atoms with Crippen LogP contribution in [-0.2, 0) is 9.53 Å². The molecule has 1 saturated carbocycles. The first-order valence-electron chi connectivity index (χ1n) is 5.72. The molecule has 1 fully saturated rings. The topological polar surface area (TPSA) is 72.5 Å². The van der Waals surface area contributed by atoms with Crippen LogP contribution in [0.4, 0.5) is 0 Å². The van der Waals surface area contributed by atoms with E-state index in [1.54, 1.807) is 0 Å². The first kappa shape index (κ1) is 12.5. The van der Waals surface area contributed by atoms with Gasteiger partial charge in [-0.25, -0.2) is 0 Å². The first-order chi connectivity index (χ1) is 7.15. The predicted octanol–water partition coefficient (Wildman–Crippen LogP) is 0.818. The number of aliphatic hydroxyl groups is 1. The highest BCUT2D eigenvalue weighted by Crippen LogP contribution is 2.26. The van der Waals surface area contributed by atoms with Gasteiger partial charge in [-0.05, 0) is 31.6 Å². The highest BCUT2D eigenvalue weighted by Gasteiger charge is 2.26. The highest BCUT2D eigenvalue weighted by atomic mass is 16.5. The molecule has 1 aliphatic carbocycles. The summed E-state index contributed by atoms with van der Waals surface area (Å²) in [4.78, 5) is 11.5. The third-order valence-corrected chi connectivity index (χ3v) is 3.04. The Labute approximate surface area is 90.8 Å². The van der Waals surface area contributed by atoms with Crippen molar-refractivity contribution in [1.29, 1.82) is 0 Å². The lowest BCUT2D eigenvalue weighted by molar-refractivity contribution is -0.155. The Hall–Kier alpha value is -0.610. The van der Waals surface area contributed by atoms with Crippen LogP contribution in [0.5, 0.6) is 0 Å². The van der Waals surface area contributed by atoms with E-state index in [9.17, 15) is 4.79 Å². The number of hydrogen-bond donors (Lipinski definition) is 2. The summed E-state index contributed by atoms with van der Waals surface area (Å²) < 4.78 is 5.34. The number of carbonyl (C=O) groups is 1. The molecule has 3 N–H and O–H groups in total. The van der Waals surface area contributed by atoms with Gasteiger partial charge in [0.2, 0.25) is 0 Å². The van der Waals surface area contributed by atoms with Gasteiger partial charge in [0.15, 0.2) is 0 Å². The zero-order valence-electron chi connectivity index (χ0n) is 9.32. The van der Waals surface area contributed by atoms with E-state index >= 15 is 0 Å². The molecule has 4 nitrogen and oxygen atoms in total. The monoisotopic (exact) mass is 215 g/mol. The molecule has 4 heteroatoms. The number of esters is 1. The fourth-order valence-corrected chi connectivity index (χ4v) is 1.95. The van der Waals surface area contributed by atoms with Crippen molar-refractivity contribution in [1.82, 2.24) is 0 Å². The molecule has 1 aliphatic rings. The Kier molecular flexibility index (Phi) is 5.05. The Balaban J connectivity index is 2.35. The van der Waals surface area contributed by atoms with Crippen LogP contribution in [0.3, 0.4) is 0 Å². The minimum atomic E-state index is -0.677. The van der Waals surface area contributed by atoms with Crippen molar-refractivity contribution in [2.24, 2.45) is 11.7 Å². The first-order valence-corrected chi connectivity index (χ1v) is 5.72. The molecule has 0 aromatic heterocycles. The van der Waals surface area contributed by atoms with E-state index in [1.807, 2.05) is 0 Å². The maximum Gasteiger partial charge on any atom is 0.323 e. The average molecular weight is 215 g/mol. The standard InChI is InChI=1S/C11H21NO3/c1-8-4-2-3-5-10(8)15-11(14)9(12)6-7-13/h8-10,13H,2-7,12H2,1H3. The van der Waals surface area contributed by atoms with E-state index in [4.69, 9.17) is 15.6 Å². The SMILES string of the molecule is CC1CCCCC1OC(=O)C(N)CCO. The van der Waals surface area contributed by atoms with E-state index in [0.717, 1.165) is 19.3 Å². The number of nitrogens with two attached hydrogens (primary N) is 1. The molecule has 1 rings (SSSR count). The van der Waals surface area contributed by atoms with Crippen LogP contribution in [0.25, 0.3) is 0 Å². The molecule has 0 radical (unpaired) electrons. The van der Waals surface area contributed by atoms with Gasteiger partial charge < -0.3 is 15.6 Å². The smallest absolute Gasteiger partial charge is 0.323 e. The molecule has 0 aliphatic heterocycles. The minimum Gasteiger partial charge on any atom is -0.461 e. The van der Waals surface area contributed by atoms with Gasteiger partial charge in [-0.15, -0.1) is 0 Å². The second kappa shape index (κ2) is 6.08. The van der Waals surface area contributed by atoms with Crippen molar-refractivity contribution >= 4 is 5.97 Å². The van der Waals surface area contributed by atoms with Crippen LogP contribution < -0.4 is 5.73 Å². The van der Waals surface area contributed by atoms with Crippen LogP contribution in [0.1, 0.15) is 39.0 Å². The molecule has 88 valence electrons. The summed E-state index contributed by atoms with van der Waals surface area (Å²) in [5.74, 6) is 0.0619. The lowest BCUT2D eigenvalue weighted by atomic mass is 9.88. The summed E-state index contributed by atoms with van der Waals surface area (Å²) in [6, 6.07) is -0.677. The van der Waals surface area contributed by atoms with Crippen molar-refractivity contribution < 1.29 is 14.6 Å². The van der Waals surface area contributed by atoms with Crippen LogP contribution in [0.15, 0.2) is 0 Å². The number of aliphatic hydroxyl groups excluding tert-OH is 1. The molecule has 0 aromatic carbocycles. The summed E-state index contributed by atoms with van der Waals surface area (Å²) in [5.41, 5.74) is 5.56. The molecule has 0 aromatic rings. The van der Waals surface area contributed by atoms with Gasteiger partial charge in [-0.1, -0.05) is 13.3 Å². The number of rotatable bonds is 4. The Morgan fingerprint density at radius 3 is 2.80 bits per heavy atom. The maximum atomic E-state index is 11.5. The van der Waals surface area contributed by atoms with Gasteiger partial charge in [-0.2, -0.15) is 0 Å². The quantitative estimate of drug-likeness (QED) is 0.681. The maximum absolute atomic E-state index is 11.5. The van der Waals surface area contributed by atoms with E-state index in [-0.39, 0.29) is 25.1 Å². The van der Waals surface area contributed by atoms with Gasteiger partial charge in [-0.3, -0.25) is 4.79 Å². The van der Waals surface area contributed by atoms with Gasteiger partial charge in [0.1, 0.15) is 12.1 Å². The fourth-order valence-electron chi connectivity index (χ4n) is 1.95. The summed E-state index contributed by atoms with van der Waals surface area (Å²) in [6.45, 7) is 2.03. The van der Waals surface area contributed by atoms with Gasteiger partial charge in [0.05, 0.1) is 0 Å². The van der Waals surface area contributed by atoms with Crippen LogP contribution in [0, 0.1) is 5.92 Å². The van der Waals surface area contributed by atoms with Crippen molar-refractivity contribution in [2.75, 3.05) is 6.61 Å². The molecule has 15 heavy (non-hydrogen) atoms. The minimum absolute atomic E-state index is 0.0241. The van der Waals surface area contributed by atoms with E-state index in [1.165, 1.54) is 6.42 Å². The molecule has 0 amide bonds. The molecule has 0 heterocycles.